The fraction of sp³-hybridized carbons (Fsp3) is 0.214. The van der Waals surface area contributed by atoms with Gasteiger partial charge in [-0.1, -0.05) is 32.0 Å². The number of para-hydroxylation sites is 1. The number of fused-ring (bicyclic) bond motifs is 1. The highest BCUT2D eigenvalue weighted by Gasteiger charge is 2.40. The van der Waals surface area contributed by atoms with E-state index < -0.39 is 34.7 Å². The van der Waals surface area contributed by atoms with Crippen LogP contribution in [0.25, 0.3) is 11.0 Å². The normalized spacial score (nSPS) is 11.5. The largest absolute Gasteiger partial charge is 0.494 e. The summed E-state index contributed by atoms with van der Waals surface area (Å²) in [4.78, 5) is 25.6. The Balaban J connectivity index is 1.71. The minimum absolute atomic E-state index is 0.0642. The van der Waals surface area contributed by atoms with E-state index in [0.717, 1.165) is 6.07 Å². The average molecular weight is 512 g/mol. The van der Waals surface area contributed by atoms with Crippen molar-refractivity contribution in [2.75, 3.05) is 6.61 Å². The summed E-state index contributed by atoms with van der Waals surface area (Å²) < 4.78 is 63.0. The summed E-state index contributed by atoms with van der Waals surface area (Å²) >= 11 is 0. The molecule has 0 fully saturated rings. The molecule has 0 saturated carbocycles. The summed E-state index contributed by atoms with van der Waals surface area (Å²) in [7, 11) is 0. The highest BCUT2D eigenvalue weighted by Crippen LogP contribution is 2.40. The second-order valence-electron chi connectivity index (χ2n) is 8.39. The lowest BCUT2D eigenvalue weighted by molar-refractivity contribution is -0.154. The number of hydrogen-bond acceptors (Lipinski definition) is 6. The van der Waals surface area contributed by atoms with Gasteiger partial charge in [-0.2, -0.15) is 13.2 Å². The molecular weight excluding hydrogens is 489 g/mol. The smallest absolute Gasteiger partial charge is 0.453 e. The van der Waals surface area contributed by atoms with E-state index in [0.29, 0.717) is 17.9 Å². The van der Waals surface area contributed by atoms with Crippen LogP contribution in [0, 0.1) is 0 Å². The van der Waals surface area contributed by atoms with E-state index in [1.54, 1.807) is 30.3 Å². The maximum atomic E-state index is 13.9. The van der Waals surface area contributed by atoms with Crippen molar-refractivity contribution < 1.29 is 36.6 Å². The highest BCUT2D eigenvalue weighted by atomic mass is 19.4. The fourth-order valence-electron chi connectivity index (χ4n) is 3.68. The zero-order chi connectivity index (χ0) is 26.7. The summed E-state index contributed by atoms with van der Waals surface area (Å²) in [6.07, 6.45) is -5.02. The molecule has 0 aliphatic rings. The van der Waals surface area contributed by atoms with Gasteiger partial charge in [0.05, 0.1) is 17.6 Å². The number of rotatable bonds is 7. The maximum Gasteiger partial charge on any atom is 0.453 e. The molecule has 1 aromatic heterocycles. The predicted octanol–water partition coefficient (Wildman–Crippen LogP) is 7.35. The molecule has 6 nitrogen and oxygen atoms in total. The van der Waals surface area contributed by atoms with Crippen LogP contribution in [0.2, 0.25) is 0 Å². The molecule has 9 heteroatoms. The van der Waals surface area contributed by atoms with Gasteiger partial charge in [-0.25, -0.2) is 4.79 Å². The number of benzene rings is 3. The zero-order valence-electron chi connectivity index (χ0n) is 20.2. The van der Waals surface area contributed by atoms with Crippen LogP contribution in [-0.2, 0) is 6.18 Å². The number of hydrogen-bond donors (Lipinski definition) is 0. The molecule has 0 unspecified atom stereocenters. The molecule has 0 atom stereocenters. The first kappa shape index (κ1) is 25.8. The van der Waals surface area contributed by atoms with Gasteiger partial charge in [-0.3, -0.25) is 4.79 Å². The van der Waals surface area contributed by atoms with Crippen LogP contribution in [0.3, 0.4) is 0 Å². The predicted molar refractivity (Wildman–Crippen MR) is 131 cm³/mol. The van der Waals surface area contributed by atoms with Gasteiger partial charge in [0.2, 0.25) is 11.2 Å². The Labute approximate surface area is 210 Å². The minimum Gasteiger partial charge on any atom is -0.494 e. The van der Waals surface area contributed by atoms with Gasteiger partial charge in [0.25, 0.3) is 5.76 Å². The fourth-order valence-corrected chi connectivity index (χ4v) is 3.68. The quantitative estimate of drug-likeness (QED) is 0.190. The van der Waals surface area contributed by atoms with Crippen LogP contribution in [-0.4, -0.2) is 12.6 Å². The summed E-state index contributed by atoms with van der Waals surface area (Å²) in [5.74, 6) is -2.76. The van der Waals surface area contributed by atoms with Crippen LogP contribution in [0.5, 0.6) is 23.0 Å². The van der Waals surface area contributed by atoms with E-state index >= 15 is 0 Å². The summed E-state index contributed by atoms with van der Waals surface area (Å²) in [5, 5.41) is -0.161. The van der Waals surface area contributed by atoms with Crippen LogP contribution < -0.4 is 19.6 Å². The van der Waals surface area contributed by atoms with E-state index in [9.17, 15) is 22.8 Å². The summed E-state index contributed by atoms with van der Waals surface area (Å²) in [6, 6.07) is 16.3. The van der Waals surface area contributed by atoms with Gasteiger partial charge in [0.15, 0.2) is 0 Å². The van der Waals surface area contributed by atoms with E-state index in [1.807, 2.05) is 20.8 Å². The second-order valence-corrected chi connectivity index (χ2v) is 8.39. The molecule has 4 rings (SSSR count). The average Bonchev–Trinajstić information content (AvgIpc) is 2.85. The molecule has 192 valence electrons. The maximum absolute atomic E-state index is 13.9. The third-order valence-corrected chi connectivity index (χ3v) is 5.44. The minimum atomic E-state index is -5.02. The SMILES string of the molecule is CCOc1ccc(C(=O)Oc2ccc3c(=O)c(Oc4ccccc4C(C)C)c(C(F)(F)F)oc3c2)cc1. The van der Waals surface area contributed by atoms with E-state index in [1.165, 1.54) is 30.3 Å². The van der Waals surface area contributed by atoms with Gasteiger partial charge < -0.3 is 18.6 Å². The monoisotopic (exact) mass is 512 g/mol. The summed E-state index contributed by atoms with van der Waals surface area (Å²) in [6.45, 7) is 5.99. The van der Waals surface area contributed by atoms with Crippen LogP contribution in [0.15, 0.2) is 75.9 Å². The van der Waals surface area contributed by atoms with Gasteiger partial charge in [0.1, 0.15) is 22.8 Å². The van der Waals surface area contributed by atoms with Crippen molar-refractivity contribution >= 4 is 16.9 Å². The molecule has 0 N–H and O–H groups in total. The van der Waals surface area contributed by atoms with E-state index in [-0.39, 0.29) is 28.4 Å². The molecule has 0 spiro atoms. The Morgan fingerprint density at radius 1 is 0.973 bits per heavy atom. The van der Waals surface area contributed by atoms with Crippen molar-refractivity contribution in [3.63, 3.8) is 0 Å². The topological polar surface area (TPSA) is 75.0 Å². The number of carbonyl (C=O) groups excluding carboxylic acids is 1. The van der Waals surface area contributed by atoms with Crippen molar-refractivity contribution in [1.82, 2.24) is 0 Å². The number of alkyl halides is 3. The van der Waals surface area contributed by atoms with Gasteiger partial charge in [-0.05, 0) is 60.9 Å². The Bertz CT molecular complexity index is 1490. The molecule has 0 radical (unpaired) electrons. The lowest BCUT2D eigenvalue weighted by atomic mass is 10.0. The number of esters is 1. The lowest BCUT2D eigenvalue weighted by Crippen LogP contribution is -2.16. The number of carbonyl (C=O) groups is 1. The van der Waals surface area contributed by atoms with Crippen molar-refractivity contribution in [3.8, 4) is 23.0 Å². The first-order chi connectivity index (χ1) is 17.6. The van der Waals surface area contributed by atoms with Crippen LogP contribution >= 0.6 is 0 Å². The second kappa shape index (κ2) is 10.4. The first-order valence-corrected chi connectivity index (χ1v) is 11.5. The Morgan fingerprint density at radius 3 is 2.30 bits per heavy atom. The van der Waals surface area contributed by atoms with E-state index in [2.05, 4.69) is 0 Å². The first-order valence-electron chi connectivity index (χ1n) is 11.5. The number of halogens is 3. The molecule has 4 aromatic rings. The van der Waals surface area contributed by atoms with Crippen molar-refractivity contribution in [2.24, 2.45) is 0 Å². The summed E-state index contributed by atoms with van der Waals surface area (Å²) in [5.41, 5.74) is -0.574. The molecule has 0 amide bonds. The van der Waals surface area contributed by atoms with Gasteiger partial charge >= 0.3 is 12.1 Å². The van der Waals surface area contributed by atoms with Gasteiger partial charge in [0, 0.05) is 6.07 Å². The van der Waals surface area contributed by atoms with E-state index in [4.69, 9.17) is 18.6 Å². The third-order valence-electron chi connectivity index (χ3n) is 5.44. The molecule has 1 heterocycles. The Kier molecular flexibility index (Phi) is 7.24. The van der Waals surface area contributed by atoms with Crippen molar-refractivity contribution in [2.45, 2.75) is 32.9 Å². The Hall–Kier alpha value is -4.27. The van der Waals surface area contributed by atoms with Crippen LogP contribution in [0.1, 0.15) is 48.4 Å². The molecule has 0 aliphatic carbocycles. The molecule has 3 aromatic carbocycles. The van der Waals surface area contributed by atoms with Gasteiger partial charge in [-0.15, -0.1) is 0 Å². The molecule has 0 bridgehead atoms. The standard InChI is InChI=1S/C28H23F3O6/c1-4-34-18-11-9-17(10-12-18)27(33)35-19-13-14-21-23(15-19)37-26(28(29,30)31)25(24(21)32)36-22-8-6-5-7-20(22)16(2)3/h5-16H,4H2,1-3H3. The zero-order valence-corrected chi connectivity index (χ0v) is 20.2. The Morgan fingerprint density at radius 2 is 1.65 bits per heavy atom. The van der Waals surface area contributed by atoms with Crippen molar-refractivity contribution in [3.05, 3.63) is 93.8 Å². The highest BCUT2D eigenvalue weighted by molar-refractivity contribution is 5.91. The molecular formula is C28H23F3O6. The third kappa shape index (κ3) is 5.61. The molecule has 0 aliphatic heterocycles. The van der Waals surface area contributed by atoms with Crippen LogP contribution in [0.4, 0.5) is 13.2 Å². The molecule has 37 heavy (non-hydrogen) atoms. The lowest BCUT2D eigenvalue weighted by Gasteiger charge is -2.16. The number of ether oxygens (including phenoxy) is 3. The van der Waals surface area contributed by atoms with Crippen molar-refractivity contribution in [1.29, 1.82) is 0 Å². The molecule has 0 saturated heterocycles.